The van der Waals surface area contributed by atoms with E-state index in [0.29, 0.717) is 6.61 Å². The molecule has 0 spiro atoms. The molecule has 1 atom stereocenters. The van der Waals surface area contributed by atoms with Crippen LogP contribution in [0.2, 0.25) is 0 Å². The lowest BCUT2D eigenvalue weighted by atomic mass is 9.97. The van der Waals surface area contributed by atoms with Crippen molar-refractivity contribution in [2.24, 2.45) is 5.73 Å². The molecule has 1 unspecified atom stereocenters. The van der Waals surface area contributed by atoms with Gasteiger partial charge in [0.1, 0.15) is 12.4 Å². The van der Waals surface area contributed by atoms with Gasteiger partial charge in [-0.2, -0.15) is 0 Å². The maximum Gasteiger partial charge on any atom is 0.123 e. The number of hydrogen-bond donors (Lipinski definition) is 1. The Bertz CT molecular complexity index is 580. The van der Waals surface area contributed by atoms with E-state index in [9.17, 15) is 0 Å². The Morgan fingerprint density at radius 1 is 1.14 bits per heavy atom. The maximum absolute atomic E-state index is 6.18. The molecule has 0 radical (unpaired) electrons. The molecular formula is C18H26N2O. The lowest BCUT2D eigenvalue weighted by Crippen LogP contribution is -2.23. The SMILES string of the molecule is CCC(N)Cc1c(OCCN(C)C)ccc2ccccc12. The number of hydrogen-bond acceptors (Lipinski definition) is 3. The van der Waals surface area contributed by atoms with Gasteiger partial charge in [-0.05, 0) is 43.8 Å². The molecule has 0 saturated carbocycles. The summed E-state index contributed by atoms with van der Waals surface area (Å²) in [5.74, 6) is 0.972. The molecule has 114 valence electrons. The van der Waals surface area contributed by atoms with Gasteiger partial charge < -0.3 is 15.4 Å². The number of benzene rings is 2. The molecular weight excluding hydrogens is 260 g/mol. The van der Waals surface area contributed by atoms with Gasteiger partial charge in [-0.1, -0.05) is 37.3 Å². The fourth-order valence-corrected chi connectivity index (χ4v) is 2.41. The topological polar surface area (TPSA) is 38.5 Å². The van der Waals surface area contributed by atoms with Crippen LogP contribution in [0.25, 0.3) is 10.8 Å². The molecule has 21 heavy (non-hydrogen) atoms. The van der Waals surface area contributed by atoms with Crippen molar-refractivity contribution in [3.8, 4) is 5.75 Å². The van der Waals surface area contributed by atoms with Gasteiger partial charge >= 0.3 is 0 Å². The Kier molecular flexibility index (Phi) is 5.59. The fraction of sp³-hybridized carbons (Fsp3) is 0.444. The van der Waals surface area contributed by atoms with Gasteiger partial charge in [0.05, 0.1) is 0 Å². The first-order chi connectivity index (χ1) is 10.1. The van der Waals surface area contributed by atoms with Gasteiger partial charge in [-0.15, -0.1) is 0 Å². The summed E-state index contributed by atoms with van der Waals surface area (Å²) in [5, 5.41) is 2.50. The Morgan fingerprint density at radius 3 is 2.62 bits per heavy atom. The van der Waals surface area contributed by atoms with E-state index in [-0.39, 0.29) is 6.04 Å². The molecule has 0 aliphatic heterocycles. The van der Waals surface area contributed by atoms with Crippen molar-refractivity contribution in [1.82, 2.24) is 4.90 Å². The quantitative estimate of drug-likeness (QED) is 0.850. The minimum absolute atomic E-state index is 0.173. The molecule has 0 aliphatic carbocycles. The molecule has 0 heterocycles. The van der Waals surface area contributed by atoms with Gasteiger partial charge in [0.2, 0.25) is 0 Å². The molecule has 0 aliphatic rings. The lowest BCUT2D eigenvalue weighted by molar-refractivity contribution is 0.259. The summed E-state index contributed by atoms with van der Waals surface area (Å²) in [6.45, 7) is 3.73. The summed E-state index contributed by atoms with van der Waals surface area (Å²) < 4.78 is 6.00. The number of rotatable bonds is 7. The Morgan fingerprint density at radius 2 is 1.90 bits per heavy atom. The average Bonchev–Trinajstić information content (AvgIpc) is 2.48. The zero-order valence-electron chi connectivity index (χ0n) is 13.3. The van der Waals surface area contributed by atoms with Crippen molar-refractivity contribution >= 4 is 10.8 Å². The van der Waals surface area contributed by atoms with Crippen LogP contribution in [-0.4, -0.2) is 38.2 Å². The average molecular weight is 286 g/mol. The van der Waals surface area contributed by atoms with Crippen LogP contribution in [0.3, 0.4) is 0 Å². The van der Waals surface area contributed by atoms with E-state index in [1.54, 1.807) is 0 Å². The molecule has 2 aromatic carbocycles. The van der Waals surface area contributed by atoms with Crippen LogP contribution < -0.4 is 10.5 Å². The van der Waals surface area contributed by atoms with Crippen molar-refractivity contribution in [3.63, 3.8) is 0 Å². The van der Waals surface area contributed by atoms with E-state index in [1.807, 2.05) is 0 Å². The fourth-order valence-electron chi connectivity index (χ4n) is 2.41. The van der Waals surface area contributed by atoms with Crippen molar-refractivity contribution in [1.29, 1.82) is 0 Å². The molecule has 3 heteroatoms. The maximum atomic E-state index is 6.18. The third-order valence-corrected chi connectivity index (χ3v) is 3.78. The van der Waals surface area contributed by atoms with Crippen molar-refractivity contribution in [2.45, 2.75) is 25.8 Å². The van der Waals surface area contributed by atoms with Crippen LogP contribution in [0.5, 0.6) is 5.75 Å². The van der Waals surface area contributed by atoms with E-state index >= 15 is 0 Å². The second kappa shape index (κ2) is 7.43. The van der Waals surface area contributed by atoms with Crippen LogP contribution in [-0.2, 0) is 6.42 Å². The third-order valence-electron chi connectivity index (χ3n) is 3.78. The molecule has 2 aromatic rings. The molecule has 0 aromatic heterocycles. The third kappa shape index (κ3) is 4.19. The Labute approximate surface area is 127 Å². The van der Waals surface area contributed by atoms with Gasteiger partial charge in [0.15, 0.2) is 0 Å². The summed E-state index contributed by atoms with van der Waals surface area (Å²) in [5.41, 5.74) is 7.42. The largest absolute Gasteiger partial charge is 0.492 e. The van der Waals surface area contributed by atoms with Crippen LogP contribution in [0.1, 0.15) is 18.9 Å². The number of ether oxygens (including phenoxy) is 1. The smallest absolute Gasteiger partial charge is 0.123 e. The van der Waals surface area contributed by atoms with E-state index in [1.165, 1.54) is 16.3 Å². The summed E-state index contributed by atoms with van der Waals surface area (Å²) in [7, 11) is 4.11. The molecule has 0 bridgehead atoms. The second-order valence-electron chi connectivity index (χ2n) is 5.79. The number of nitrogens with zero attached hydrogens (tertiary/aromatic N) is 1. The molecule has 2 rings (SSSR count). The lowest BCUT2D eigenvalue weighted by Gasteiger charge is -2.18. The highest BCUT2D eigenvalue weighted by Crippen LogP contribution is 2.29. The summed E-state index contributed by atoms with van der Waals surface area (Å²) in [6, 6.07) is 12.8. The highest BCUT2D eigenvalue weighted by Gasteiger charge is 2.12. The highest BCUT2D eigenvalue weighted by molar-refractivity contribution is 5.87. The number of fused-ring (bicyclic) bond motifs is 1. The summed E-state index contributed by atoms with van der Waals surface area (Å²) >= 11 is 0. The van der Waals surface area contributed by atoms with Gasteiger partial charge in [-0.25, -0.2) is 0 Å². The number of nitrogens with two attached hydrogens (primary N) is 1. The molecule has 0 fully saturated rings. The molecule has 3 nitrogen and oxygen atoms in total. The number of likely N-dealkylation sites (N-methyl/N-ethyl adjacent to an activating group) is 1. The molecule has 2 N–H and O–H groups in total. The normalized spacial score (nSPS) is 12.8. The first-order valence-electron chi connectivity index (χ1n) is 7.65. The van der Waals surface area contributed by atoms with Crippen LogP contribution in [0, 0.1) is 0 Å². The highest BCUT2D eigenvalue weighted by atomic mass is 16.5. The minimum Gasteiger partial charge on any atom is -0.492 e. The van der Waals surface area contributed by atoms with Gasteiger partial charge in [0.25, 0.3) is 0 Å². The minimum atomic E-state index is 0.173. The molecule has 0 amide bonds. The van der Waals surface area contributed by atoms with Crippen molar-refractivity contribution < 1.29 is 4.74 Å². The van der Waals surface area contributed by atoms with Crippen LogP contribution >= 0.6 is 0 Å². The van der Waals surface area contributed by atoms with Crippen molar-refractivity contribution in [2.75, 3.05) is 27.2 Å². The predicted octanol–water partition coefficient (Wildman–Crippen LogP) is 3.06. The van der Waals surface area contributed by atoms with Crippen LogP contribution in [0.15, 0.2) is 36.4 Å². The monoisotopic (exact) mass is 286 g/mol. The van der Waals surface area contributed by atoms with Gasteiger partial charge in [0, 0.05) is 18.2 Å². The second-order valence-corrected chi connectivity index (χ2v) is 5.79. The Balaban J connectivity index is 2.31. The van der Waals surface area contributed by atoms with Gasteiger partial charge in [-0.3, -0.25) is 0 Å². The predicted molar refractivity (Wildman–Crippen MR) is 90.0 cm³/mol. The van der Waals surface area contributed by atoms with E-state index in [2.05, 4.69) is 62.3 Å². The van der Waals surface area contributed by atoms with Crippen LogP contribution in [0.4, 0.5) is 0 Å². The van der Waals surface area contributed by atoms with E-state index in [0.717, 1.165) is 25.1 Å². The zero-order chi connectivity index (χ0) is 15.2. The van der Waals surface area contributed by atoms with E-state index in [4.69, 9.17) is 10.5 Å². The first-order valence-corrected chi connectivity index (χ1v) is 7.65. The first kappa shape index (κ1) is 15.8. The summed E-state index contributed by atoms with van der Waals surface area (Å²) in [4.78, 5) is 2.12. The van der Waals surface area contributed by atoms with E-state index < -0.39 is 0 Å². The standard InChI is InChI=1S/C18H26N2O/c1-4-15(19)13-17-16-8-6-5-7-14(16)9-10-18(17)21-12-11-20(2)3/h5-10,15H,4,11-13,19H2,1-3H3. The zero-order valence-corrected chi connectivity index (χ0v) is 13.3. The Hall–Kier alpha value is -1.58. The molecule has 0 saturated heterocycles. The van der Waals surface area contributed by atoms with Crippen molar-refractivity contribution in [3.05, 3.63) is 42.0 Å². The summed E-state index contributed by atoms with van der Waals surface area (Å²) in [6.07, 6.45) is 1.83.